The molecule has 0 aromatic heterocycles. The van der Waals surface area contributed by atoms with Gasteiger partial charge in [-0.2, -0.15) is 16.8 Å². The molecule has 0 rings (SSSR count). The Bertz CT molecular complexity index is 532. The molecule has 21 heavy (non-hydrogen) atoms. The highest BCUT2D eigenvalue weighted by Gasteiger charge is 2.32. The molecule has 0 heterocycles. The minimum atomic E-state index is -3.63. The van der Waals surface area contributed by atoms with Crippen LogP contribution in [-0.2, 0) is 28.6 Å². The largest absolute Gasteiger partial charge is 0.270 e. The summed E-state index contributed by atoms with van der Waals surface area (Å²) >= 11 is 0. The van der Waals surface area contributed by atoms with Crippen molar-refractivity contribution in [1.29, 1.82) is 0 Å². The Morgan fingerprint density at radius 1 is 1.00 bits per heavy atom. The highest BCUT2D eigenvalue weighted by atomic mass is 32.2. The van der Waals surface area contributed by atoms with Crippen LogP contribution in [0.3, 0.4) is 0 Å². The Morgan fingerprint density at radius 3 is 1.71 bits per heavy atom. The fourth-order valence-electron chi connectivity index (χ4n) is 1.55. The van der Waals surface area contributed by atoms with E-state index < -0.39 is 25.7 Å². The lowest BCUT2D eigenvalue weighted by molar-refractivity contribution is 0.0901. The second-order valence-electron chi connectivity index (χ2n) is 5.41. The molecule has 0 aliphatic heterocycles. The Hall–Kier alpha value is -0.700. The molecule has 0 atom stereocenters. The van der Waals surface area contributed by atoms with Crippen LogP contribution in [0.1, 0.15) is 26.7 Å². The summed E-state index contributed by atoms with van der Waals surface area (Å²) in [5, 5.41) is 0. The molecule has 0 aromatic carbocycles. The van der Waals surface area contributed by atoms with Crippen LogP contribution < -0.4 is 0 Å². The van der Waals surface area contributed by atoms with Crippen LogP contribution in [-0.4, -0.2) is 42.6 Å². The molecule has 124 valence electrons. The zero-order valence-electron chi connectivity index (χ0n) is 13.0. The summed E-state index contributed by atoms with van der Waals surface area (Å²) in [4.78, 5) is 0. The SMILES string of the molecule is C=CCC(CC=C(C)C)(COS(C)(=O)=O)COS(C)(=O)=O. The molecular formula is C13H24O6S2. The second-order valence-corrected chi connectivity index (χ2v) is 8.70. The van der Waals surface area contributed by atoms with Crippen LogP contribution in [0.2, 0.25) is 0 Å². The number of hydrogen-bond donors (Lipinski definition) is 0. The first-order valence-electron chi connectivity index (χ1n) is 6.32. The molecule has 0 unspecified atom stereocenters. The first-order chi connectivity index (χ1) is 9.39. The number of rotatable bonds is 10. The van der Waals surface area contributed by atoms with Gasteiger partial charge in [-0.25, -0.2) is 0 Å². The number of allylic oxidation sites excluding steroid dienone is 3. The molecule has 0 aliphatic carbocycles. The van der Waals surface area contributed by atoms with E-state index in [4.69, 9.17) is 8.37 Å². The van der Waals surface area contributed by atoms with Gasteiger partial charge in [0.25, 0.3) is 20.2 Å². The van der Waals surface area contributed by atoms with E-state index in [2.05, 4.69) is 6.58 Å². The van der Waals surface area contributed by atoms with Gasteiger partial charge in [-0.05, 0) is 26.7 Å². The predicted molar refractivity (Wildman–Crippen MR) is 82.9 cm³/mol. The summed E-state index contributed by atoms with van der Waals surface area (Å²) in [7, 11) is -7.26. The molecular weight excluding hydrogens is 316 g/mol. The normalized spacial score (nSPS) is 13.0. The van der Waals surface area contributed by atoms with Gasteiger partial charge in [0, 0.05) is 5.41 Å². The zero-order chi connectivity index (χ0) is 16.7. The van der Waals surface area contributed by atoms with E-state index in [0.29, 0.717) is 12.8 Å². The molecule has 0 fully saturated rings. The van der Waals surface area contributed by atoms with Crippen molar-refractivity contribution in [1.82, 2.24) is 0 Å². The fourth-order valence-corrected chi connectivity index (χ4v) is 2.48. The van der Waals surface area contributed by atoms with Crippen LogP contribution in [0.15, 0.2) is 24.3 Å². The summed E-state index contributed by atoms with van der Waals surface area (Å²) in [6.45, 7) is 7.08. The Labute approximate surface area is 128 Å². The maximum atomic E-state index is 11.2. The Balaban J connectivity index is 5.30. The van der Waals surface area contributed by atoms with Gasteiger partial charge in [-0.15, -0.1) is 6.58 Å². The summed E-state index contributed by atoms with van der Waals surface area (Å²) in [5.41, 5.74) is 0.229. The predicted octanol–water partition coefficient (Wildman–Crippen LogP) is 1.86. The average molecular weight is 340 g/mol. The van der Waals surface area contributed by atoms with Crippen molar-refractivity contribution in [3.05, 3.63) is 24.3 Å². The molecule has 0 amide bonds. The van der Waals surface area contributed by atoms with Crippen LogP contribution in [0.5, 0.6) is 0 Å². The molecule has 0 spiro atoms. The fraction of sp³-hybridized carbons (Fsp3) is 0.692. The van der Waals surface area contributed by atoms with Gasteiger partial charge in [0.1, 0.15) is 0 Å². The van der Waals surface area contributed by atoms with Crippen molar-refractivity contribution >= 4 is 20.2 Å². The van der Waals surface area contributed by atoms with Gasteiger partial charge >= 0.3 is 0 Å². The first kappa shape index (κ1) is 20.3. The molecule has 0 radical (unpaired) electrons. The first-order valence-corrected chi connectivity index (χ1v) is 9.95. The van der Waals surface area contributed by atoms with Crippen molar-refractivity contribution in [2.75, 3.05) is 25.7 Å². The van der Waals surface area contributed by atoms with Gasteiger partial charge in [-0.3, -0.25) is 8.37 Å². The molecule has 0 bridgehead atoms. The van der Waals surface area contributed by atoms with Crippen LogP contribution in [0.25, 0.3) is 0 Å². The van der Waals surface area contributed by atoms with E-state index in [1.54, 1.807) is 6.08 Å². The van der Waals surface area contributed by atoms with Crippen LogP contribution >= 0.6 is 0 Å². The Kier molecular flexibility index (Phi) is 7.80. The van der Waals surface area contributed by atoms with E-state index in [-0.39, 0.29) is 13.2 Å². The van der Waals surface area contributed by atoms with Gasteiger partial charge in [-0.1, -0.05) is 17.7 Å². The van der Waals surface area contributed by atoms with E-state index in [1.165, 1.54) is 0 Å². The third-order valence-electron chi connectivity index (χ3n) is 2.68. The van der Waals surface area contributed by atoms with E-state index in [9.17, 15) is 16.8 Å². The third-order valence-corrected chi connectivity index (χ3v) is 3.77. The minimum absolute atomic E-state index is 0.169. The molecule has 0 saturated carbocycles. The summed E-state index contributed by atoms with van der Waals surface area (Å²) in [5.74, 6) is 0. The van der Waals surface area contributed by atoms with Gasteiger partial charge in [0.05, 0.1) is 25.7 Å². The third kappa shape index (κ3) is 10.6. The Morgan fingerprint density at radius 2 is 1.43 bits per heavy atom. The molecule has 0 aliphatic rings. The lowest BCUT2D eigenvalue weighted by Crippen LogP contribution is -2.33. The quantitative estimate of drug-likeness (QED) is 0.445. The second kappa shape index (κ2) is 8.07. The van der Waals surface area contributed by atoms with Crippen LogP contribution in [0, 0.1) is 5.41 Å². The average Bonchev–Trinajstić information content (AvgIpc) is 2.29. The smallest absolute Gasteiger partial charge is 0.264 e. The van der Waals surface area contributed by atoms with Crippen molar-refractivity contribution in [2.24, 2.45) is 5.41 Å². The summed E-state index contributed by atoms with van der Waals surface area (Å²) < 4.78 is 54.5. The van der Waals surface area contributed by atoms with Gasteiger partial charge < -0.3 is 0 Å². The van der Waals surface area contributed by atoms with Crippen molar-refractivity contribution in [3.8, 4) is 0 Å². The number of hydrogen-bond acceptors (Lipinski definition) is 6. The highest BCUT2D eigenvalue weighted by molar-refractivity contribution is 7.86. The molecule has 8 heteroatoms. The maximum absolute atomic E-state index is 11.2. The topological polar surface area (TPSA) is 86.7 Å². The lowest BCUT2D eigenvalue weighted by atomic mass is 9.82. The maximum Gasteiger partial charge on any atom is 0.264 e. The highest BCUT2D eigenvalue weighted by Crippen LogP contribution is 2.30. The van der Waals surface area contributed by atoms with E-state index >= 15 is 0 Å². The zero-order valence-corrected chi connectivity index (χ0v) is 14.6. The van der Waals surface area contributed by atoms with Crippen molar-refractivity contribution in [3.63, 3.8) is 0 Å². The minimum Gasteiger partial charge on any atom is -0.270 e. The van der Waals surface area contributed by atoms with E-state index in [0.717, 1.165) is 18.1 Å². The standard InChI is InChI=1S/C13H24O6S2/c1-6-8-13(9-7-12(2)3,10-18-20(4,14)15)11-19-21(5,16)17/h6-7H,1,8-11H2,2-5H3. The molecule has 0 aromatic rings. The van der Waals surface area contributed by atoms with Crippen molar-refractivity contribution in [2.45, 2.75) is 26.7 Å². The van der Waals surface area contributed by atoms with Crippen molar-refractivity contribution < 1.29 is 25.2 Å². The van der Waals surface area contributed by atoms with Gasteiger partial charge in [0.2, 0.25) is 0 Å². The van der Waals surface area contributed by atoms with E-state index in [1.807, 2.05) is 19.9 Å². The lowest BCUT2D eigenvalue weighted by Gasteiger charge is -2.30. The monoisotopic (exact) mass is 340 g/mol. The van der Waals surface area contributed by atoms with Crippen LogP contribution in [0.4, 0.5) is 0 Å². The van der Waals surface area contributed by atoms with Gasteiger partial charge in [0.15, 0.2) is 0 Å². The molecule has 6 nitrogen and oxygen atoms in total. The summed E-state index contributed by atoms with van der Waals surface area (Å²) in [6, 6.07) is 0. The summed E-state index contributed by atoms with van der Waals surface area (Å²) in [6.07, 6.45) is 6.17. The molecule has 0 N–H and O–H groups in total. The molecule has 0 saturated heterocycles.